The number of benzene rings is 2. The maximum Gasteiger partial charge on any atom is 0.163 e. The minimum Gasteiger partial charge on any atom is -0.493 e. The van der Waals surface area contributed by atoms with Crippen LogP contribution in [0.2, 0.25) is 0 Å². The number of aliphatic hydroxyl groups is 1. The van der Waals surface area contributed by atoms with E-state index in [2.05, 4.69) is 0 Å². The SMILES string of the molecule is COc1cccc(CC[C@H](O)c2ccccc2N)c1OC. The van der Waals surface area contributed by atoms with E-state index in [1.54, 1.807) is 20.3 Å². The molecular formula is C17H21NO3. The van der Waals surface area contributed by atoms with E-state index < -0.39 is 6.10 Å². The number of hydrogen-bond donors (Lipinski definition) is 2. The Morgan fingerprint density at radius 3 is 2.48 bits per heavy atom. The molecule has 0 aliphatic rings. The minimum atomic E-state index is -0.595. The molecule has 0 unspecified atom stereocenters. The van der Waals surface area contributed by atoms with Crippen LogP contribution in [0.25, 0.3) is 0 Å². The highest BCUT2D eigenvalue weighted by atomic mass is 16.5. The van der Waals surface area contributed by atoms with Crippen LogP contribution in [-0.2, 0) is 6.42 Å². The predicted octanol–water partition coefficient (Wildman–Crippen LogP) is 2.95. The maximum atomic E-state index is 10.3. The van der Waals surface area contributed by atoms with Gasteiger partial charge in [0, 0.05) is 11.3 Å². The summed E-state index contributed by atoms with van der Waals surface area (Å²) < 4.78 is 10.7. The average molecular weight is 287 g/mol. The number of aliphatic hydroxyl groups excluding tert-OH is 1. The van der Waals surface area contributed by atoms with Crippen LogP contribution in [0.5, 0.6) is 11.5 Å². The molecule has 2 rings (SSSR count). The molecule has 0 bridgehead atoms. The van der Waals surface area contributed by atoms with Gasteiger partial charge in [-0.05, 0) is 30.5 Å². The highest BCUT2D eigenvalue weighted by Crippen LogP contribution is 2.33. The van der Waals surface area contributed by atoms with Crippen molar-refractivity contribution in [3.8, 4) is 11.5 Å². The molecule has 21 heavy (non-hydrogen) atoms. The van der Waals surface area contributed by atoms with Crippen LogP contribution in [0, 0.1) is 0 Å². The molecule has 0 spiro atoms. The third kappa shape index (κ3) is 3.47. The van der Waals surface area contributed by atoms with Crippen molar-refractivity contribution in [1.29, 1.82) is 0 Å². The number of hydrogen-bond acceptors (Lipinski definition) is 4. The molecule has 2 aromatic carbocycles. The first-order chi connectivity index (χ1) is 10.2. The van der Waals surface area contributed by atoms with Gasteiger partial charge in [-0.15, -0.1) is 0 Å². The van der Waals surface area contributed by atoms with Crippen LogP contribution in [0.3, 0.4) is 0 Å². The Morgan fingerprint density at radius 1 is 1.05 bits per heavy atom. The fourth-order valence-electron chi connectivity index (χ4n) is 2.41. The molecule has 0 aliphatic heterocycles. The monoisotopic (exact) mass is 287 g/mol. The van der Waals surface area contributed by atoms with Crippen molar-refractivity contribution >= 4 is 5.69 Å². The first kappa shape index (κ1) is 15.2. The minimum absolute atomic E-state index is 0.567. The summed E-state index contributed by atoms with van der Waals surface area (Å²) in [5.74, 6) is 1.41. The quantitative estimate of drug-likeness (QED) is 0.802. The molecule has 2 aromatic rings. The van der Waals surface area contributed by atoms with Crippen LogP contribution in [0.15, 0.2) is 42.5 Å². The number of nitrogens with two attached hydrogens (primary N) is 1. The van der Waals surface area contributed by atoms with E-state index in [1.807, 2.05) is 36.4 Å². The van der Waals surface area contributed by atoms with Crippen LogP contribution >= 0.6 is 0 Å². The van der Waals surface area contributed by atoms with Crippen molar-refractivity contribution in [1.82, 2.24) is 0 Å². The van der Waals surface area contributed by atoms with E-state index >= 15 is 0 Å². The van der Waals surface area contributed by atoms with Crippen LogP contribution in [0.1, 0.15) is 23.7 Å². The molecule has 0 saturated heterocycles. The van der Waals surface area contributed by atoms with Crippen molar-refractivity contribution in [3.05, 3.63) is 53.6 Å². The Morgan fingerprint density at radius 2 is 1.81 bits per heavy atom. The average Bonchev–Trinajstić information content (AvgIpc) is 2.52. The molecule has 112 valence electrons. The van der Waals surface area contributed by atoms with Crippen LogP contribution < -0.4 is 15.2 Å². The second-order valence-electron chi connectivity index (χ2n) is 4.84. The van der Waals surface area contributed by atoms with E-state index in [0.29, 0.717) is 30.0 Å². The van der Waals surface area contributed by atoms with E-state index in [9.17, 15) is 5.11 Å². The Balaban J connectivity index is 2.11. The number of ether oxygens (including phenoxy) is 2. The van der Waals surface area contributed by atoms with E-state index in [1.165, 1.54) is 0 Å². The molecule has 0 fully saturated rings. The molecule has 4 heteroatoms. The smallest absolute Gasteiger partial charge is 0.163 e. The molecular weight excluding hydrogens is 266 g/mol. The van der Waals surface area contributed by atoms with Gasteiger partial charge in [-0.3, -0.25) is 0 Å². The second kappa shape index (κ2) is 6.99. The molecule has 3 N–H and O–H groups in total. The van der Waals surface area contributed by atoms with Gasteiger partial charge in [0.15, 0.2) is 11.5 Å². The van der Waals surface area contributed by atoms with Gasteiger partial charge in [-0.25, -0.2) is 0 Å². The maximum absolute atomic E-state index is 10.3. The standard InChI is InChI=1S/C17H21NO3/c1-20-16-9-5-6-12(17(16)21-2)10-11-15(19)13-7-3-4-8-14(13)18/h3-9,15,19H,10-11,18H2,1-2H3/t15-/m0/s1. The summed E-state index contributed by atoms with van der Waals surface area (Å²) in [5.41, 5.74) is 8.27. The fourth-order valence-corrected chi connectivity index (χ4v) is 2.41. The van der Waals surface area contributed by atoms with Crippen LogP contribution in [0.4, 0.5) is 5.69 Å². The van der Waals surface area contributed by atoms with Crippen molar-refractivity contribution in [3.63, 3.8) is 0 Å². The third-order valence-corrected chi connectivity index (χ3v) is 3.53. The van der Waals surface area contributed by atoms with E-state index in [-0.39, 0.29) is 0 Å². The Kier molecular flexibility index (Phi) is 5.06. The van der Waals surface area contributed by atoms with Gasteiger partial charge in [0.25, 0.3) is 0 Å². The second-order valence-corrected chi connectivity index (χ2v) is 4.84. The number of anilines is 1. The van der Waals surface area contributed by atoms with Gasteiger partial charge in [0.2, 0.25) is 0 Å². The fraction of sp³-hybridized carbons (Fsp3) is 0.294. The summed E-state index contributed by atoms with van der Waals surface area (Å²) >= 11 is 0. The third-order valence-electron chi connectivity index (χ3n) is 3.53. The van der Waals surface area contributed by atoms with Gasteiger partial charge in [-0.2, -0.15) is 0 Å². The van der Waals surface area contributed by atoms with Gasteiger partial charge in [0.1, 0.15) is 0 Å². The van der Waals surface area contributed by atoms with Gasteiger partial charge >= 0.3 is 0 Å². The lowest BCUT2D eigenvalue weighted by Crippen LogP contribution is -2.04. The molecule has 0 amide bonds. The molecule has 0 radical (unpaired) electrons. The number of methoxy groups -OCH3 is 2. The van der Waals surface area contributed by atoms with Crippen LogP contribution in [-0.4, -0.2) is 19.3 Å². The van der Waals surface area contributed by atoms with E-state index in [4.69, 9.17) is 15.2 Å². The molecule has 1 atom stereocenters. The summed E-state index contributed by atoms with van der Waals surface area (Å²) in [7, 11) is 3.23. The zero-order valence-electron chi connectivity index (χ0n) is 12.4. The predicted molar refractivity (Wildman–Crippen MR) is 83.7 cm³/mol. The summed E-state index contributed by atoms with van der Waals surface area (Å²) in [6.45, 7) is 0. The number of rotatable bonds is 6. The Labute approximate surface area is 125 Å². The molecule has 0 saturated carbocycles. The van der Waals surface area contributed by atoms with E-state index in [0.717, 1.165) is 11.1 Å². The van der Waals surface area contributed by atoms with Gasteiger partial charge in [0.05, 0.1) is 20.3 Å². The molecule has 4 nitrogen and oxygen atoms in total. The largest absolute Gasteiger partial charge is 0.493 e. The highest BCUT2D eigenvalue weighted by Gasteiger charge is 2.14. The molecule has 0 aliphatic carbocycles. The lowest BCUT2D eigenvalue weighted by Gasteiger charge is -2.16. The Bertz CT molecular complexity index is 598. The van der Waals surface area contributed by atoms with Crippen molar-refractivity contribution in [2.45, 2.75) is 18.9 Å². The summed E-state index contributed by atoms with van der Waals surface area (Å²) in [6.07, 6.45) is 0.648. The number of para-hydroxylation sites is 2. The lowest BCUT2D eigenvalue weighted by atomic mass is 9.99. The highest BCUT2D eigenvalue weighted by molar-refractivity contribution is 5.48. The zero-order chi connectivity index (χ0) is 15.2. The summed E-state index contributed by atoms with van der Waals surface area (Å²) in [5, 5.41) is 10.3. The Hall–Kier alpha value is -2.20. The molecule has 0 aromatic heterocycles. The number of aryl methyl sites for hydroxylation is 1. The zero-order valence-corrected chi connectivity index (χ0v) is 12.4. The van der Waals surface area contributed by atoms with Crippen molar-refractivity contribution in [2.24, 2.45) is 0 Å². The topological polar surface area (TPSA) is 64.7 Å². The summed E-state index contributed by atoms with van der Waals surface area (Å²) in [6, 6.07) is 13.1. The van der Waals surface area contributed by atoms with Crippen molar-refractivity contribution < 1.29 is 14.6 Å². The van der Waals surface area contributed by atoms with Crippen molar-refractivity contribution in [2.75, 3.05) is 20.0 Å². The molecule has 0 heterocycles. The number of nitrogen functional groups attached to an aromatic ring is 1. The first-order valence-electron chi connectivity index (χ1n) is 6.89. The lowest BCUT2D eigenvalue weighted by molar-refractivity contribution is 0.168. The van der Waals surface area contributed by atoms with Gasteiger partial charge < -0.3 is 20.3 Å². The first-order valence-corrected chi connectivity index (χ1v) is 6.89. The summed E-state index contributed by atoms with van der Waals surface area (Å²) in [4.78, 5) is 0. The normalized spacial score (nSPS) is 12.0. The van der Waals surface area contributed by atoms with Gasteiger partial charge in [-0.1, -0.05) is 30.3 Å².